The van der Waals surface area contributed by atoms with Gasteiger partial charge in [-0.05, 0) is 60.5 Å². The molecule has 4 rings (SSSR count). The minimum Gasteiger partial charge on any atom is -0.321 e. The summed E-state index contributed by atoms with van der Waals surface area (Å²) in [6, 6.07) is 23.7. The molecule has 0 aromatic heterocycles. The number of hydrogen-bond acceptors (Lipinski definition) is 4. The molecule has 1 saturated heterocycles. The summed E-state index contributed by atoms with van der Waals surface area (Å²) in [5.74, 6) is -1.34. The van der Waals surface area contributed by atoms with Gasteiger partial charge >= 0.3 is 0 Å². The summed E-state index contributed by atoms with van der Waals surface area (Å²) in [6.45, 7) is 0. The number of nitriles is 1. The van der Waals surface area contributed by atoms with Gasteiger partial charge in [-0.2, -0.15) is 5.26 Å². The lowest BCUT2D eigenvalue weighted by molar-refractivity contribution is -0.117. The van der Waals surface area contributed by atoms with E-state index in [-0.39, 0.29) is 16.5 Å². The molecule has 1 heterocycles. The molecular formula is C25H17BrFN3O2S. The van der Waals surface area contributed by atoms with Gasteiger partial charge < -0.3 is 5.32 Å². The summed E-state index contributed by atoms with van der Waals surface area (Å²) in [5, 5.41) is 12.2. The largest absolute Gasteiger partial charge is 0.321 e. The Morgan fingerprint density at radius 3 is 2.36 bits per heavy atom. The molecule has 0 radical (unpaired) electrons. The van der Waals surface area contributed by atoms with E-state index in [4.69, 9.17) is 0 Å². The Morgan fingerprint density at radius 2 is 1.73 bits per heavy atom. The highest BCUT2D eigenvalue weighted by Gasteiger charge is 2.40. The average molecular weight is 522 g/mol. The highest BCUT2D eigenvalue weighted by atomic mass is 79.9. The lowest BCUT2D eigenvalue weighted by Crippen LogP contribution is -2.30. The van der Waals surface area contributed by atoms with Gasteiger partial charge in [0.2, 0.25) is 5.91 Å². The molecule has 5 nitrogen and oxygen atoms in total. The molecule has 1 aliphatic heterocycles. The first-order valence-corrected chi connectivity index (χ1v) is 11.6. The van der Waals surface area contributed by atoms with E-state index in [2.05, 4.69) is 21.2 Å². The van der Waals surface area contributed by atoms with E-state index in [0.717, 1.165) is 21.8 Å². The molecule has 0 saturated carbocycles. The summed E-state index contributed by atoms with van der Waals surface area (Å²) in [4.78, 5) is 27.7. The van der Waals surface area contributed by atoms with Gasteiger partial charge in [-0.3, -0.25) is 14.5 Å². The van der Waals surface area contributed by atoms with Crippen LogP contribution in [0.3, 0.4) is 0 Å². The lowest BCUT2D eigenvalue weighted by atomic mass is 10.1. The number of anilines is 2. The van der Waals surface area contributed by atoms with Crippen molar-refractivity contribution in [1.29, 1.82) is 5.26 Å². The highest BCUT2D eigenvalue weighted by Crippen LogP contribution is 2.42. The second-order valence-corrected chi connectivity index (χ2v) is 9.31. The van der Waals surface area contributed by atoms with E-state index in [1.807, 2.05) is 36.4 Å². The van der Waals surface area contributed by atoms with Gasteiger partial charge in [0, 0.05) is 15.8 Å². The summed E-state index contributed by atoms with van der Waals surface area (Å²) < 4.78 is 14.4. The summed E-state index contributed by atoms with van der Waals surface area (Å²) in [6.07, 6.45) is 0.414. The molecule has 1 N–H and O–H groups in total. The number of amides is 2. The molecule has 8 heteroatoms. The Kier molecular flexibility index (Phi) is 6.92. The van der Waals surface area contributed by atoms with Crippen molar-refractivity contribution in [2.75, 3.05) is 10.2 Å². The van der Waals surface area contributed by atoms with Gasteiger partial charge in [-0.15, -0.1) is 0 Å². The van der Waals surface area contributed by atoms with Gasteiger partial charge in [0.05, 0.1) is 5.25 Å². The Morgan fingerprint density at radius 1 is 1.06 bits per heavy atom. The molecule has 33 heavy (non-hydrogen) atoms. The maximum absolute atomic E-state index is 13.5. The first-order valence-electron chi connectivity index (χ1n) is 9.97. The topological polar surface area (TPSA) is 73.2 Å². The number of rotatable bonds is 5. The molecule has 1 atom stereocenters. The fraction of sp³-hybridized carbons (Fsp3) is 0.0800. The maximum Gasteiger partial charge on any atom is 0.269 e. The SMILES string of the molecule is N#CC(C(=O)Nc1ccccc1)=C1SC(Cc2ccc(Br)cc2)C(=O)N1c1ccc(F)cc1. The van der Waals surface area contributed by atoms with E-state index >= 15 is 0 Å². The lowest BCUT2D eigenvalue weighted by Gasteiger charge is -2.18. The standard InChI is InChI=1S/C25H17BrFN3O2S/c26-17-8-6-16(7-9-17)14-22-24(32)30(20-12-10-18(27)11-13-20)25(33-22)21(15-28)23(31)29-19-4-2-1-3-5-19/h1-13,22H,14H2,(H,29,31). The molecule has 0 spiro atoms. The van der Waals surface area contributed by atoms with Crippen molar-refractivity contribution in [3.63, 3.8) is 0 Å². The smallest absolute Gasteiger partial charge is 0.269 e. The van der Waals surface area contributed by atoms with Crippen LogP contribution in [0.15, 0.2) is 93.9 Å². The molecule has 2 amide bonds. The van der Waals surface area contributed by atoms with E-state index in [1.54, 1.807) is 24.3 Å². The summed E-state index contributed by atoms with van der Waals surface area (Å²) >= 11 is 4.56. The normalized spacial score (nSPS) is 16.9. The fourth-order valence-corrected chi connectivity index (χ4v) is 4.93. The van der Waals surface area contributed by atoms with Gasteiger partial charge in [0.15, 0.2) is 0 Å². The van der Waals surface area contributed by atoms with Crippen molar-refractivity contribution in [3.05, 3.63) is 105 Å². The Bertz CT molecular complexity index is 1260. The van der Waals surface area contributed by atoms with Crippen LogP contribution < -0.4 is 10.2 Å². The number of thioether (sulfide) groups is 1. The predicted octanol–water partition coefficient (Wildman–Crippen LogP) is 5.65. The zero-order valence-electron chi connectivity index (χ0n) is 17.2. The van der Waals surface area contributed by atoms with Gasteiger partial charge in [-0.25, -0.2) is 4.39 Å². The minimum atomic E-state index is -0.615. The molecule has 1 unspecified atom stereocenters. The average Bonchev–Trinajstić information content (AvgIpc) is 3.12. The van der Waals surface area contributed by atoms with E-state index in [1.165, 1.54) is 29.2 Å². The third-order valence-corrected chi connectivity index (χ3v) is 6.75. The van der Waals surface area contributed by atoms with Crippen LogP contribution in [-0.2, 0) is 16.0 Å². The Labute approximate surface area is 203 Å². The van der Waals surface area contributed by atoms with Crippen LogP contribution in [-0.4, -0.2) is 17.1 Å². The molecule has 3 aromatic carbocycles. The second kappa shape index (κ2) is 10.0. The third-order valence-electron chi connectivity index (χ3n) is 4.96. The first kappa shape index (κ1) is 22.8. The van der Waals surface area contributed by atoms with Crippen molar-refractivity contribution >= 4 is 50.9 Å². The Balaban J connectivity index is 1.72. The van der Waals surface area contributed by atoms with Crippen molar-refractivity contribution in [1.82, 2.24) is 0 Å². The van der Waals surface area contributed by atoms with Crippen LogP contribution in [0.2, 0.25) is 0 Å². The molecule has 0 aliphatic carbocycles. The molecule has 164 valence electrons. The predicted molar refractivity (Wildman–Crippen MR) is 131 cm³/mol. The minimum absolute atomic E-state index is 0.181. The fourth-order valence-electron chi connectivity index (χ4n) is 3.36. The zero-order chi connectivity index (χ0) is 23.4. The second-order valence-electron chi connectivity index (χ2n) is 7.20. The summed E-state index contributed by atoms with van der Waals surface area (Å²) in [7, 11) is 0. The molecule has 0 bridgehead atoms. The quantitative estimate of drug-likeness (QED) is 0.347. The van der Waals surface area contributed by atoms with Crippen molar-refractivity contribution < 1.29 is 14.0 Å². The van der Waals surface area contributed by atoms with Crippen LogP contribution in [0.5, 0.6) is 0 Å². The van der Waals surface area contributed by atoms with E-state index in [9.17, 15) is 19.2 Å². The van der Waals surface area contributed by atoms with Crippen LogP contribution in [0.4, 0.5) is 15.8 Å². The van der Waals surface area contributed by atoms with Crippen molar-refractivity contribution in [2.24, 2.45) is 0 Å². The molecule has 1 fully saturated rings. The van der Waals surface area contributed by atoms with Crippen LogP contribution in [0.25, 0.3) is 0 Å². The number of hydrogen-bond donors (Lipinski definition) is 1. The number of benzene rings is 3. The van der Waals surface area contributed by atoms with Gasteiger partial charge in [0.1, 0.15) is 22.5 Å². The maximum atomic E-state index is 13.5. The molecule has 1 aliphatic rings. The molecular weight excluding hydrogens is 505 g/mol. The number of nitrogens with one attached hydrogen (secondary N) is 1. The third kappa shape index (κ3) is 5.16. The van der Waals surface area contributed by atoms with Crippen LogP contribution >= 0.6 is 27.7 Å². The number of halogens is 2. The van der Waals surface area contributed by atoms with Crippen molar-refractivity contribution in [3.8, 4) is 6.07 Å². The monoisotopic (exact) mass is 521 g/mol. The summed E-state index contributed by atoms with van der Waals surface area (Å²) in [5.41, 5.74) is 1.68. The number of para-hydroxylation sites is 1. The molecule has 3 aromatic rings. The number of carbonyl (C=O) groups is 2. The van der Waals surface area contributed by atoms with Crippen LogP contribution in [0.1, 0.15) is 5.56 Å². The van der Waals surface area contributed by atoms with Gasteiger partial charge in [0.25, 0.3) is 5.91 Å². The number of nitrogens with zero attached hydrogens (tertiary/aromatic N) is 2. The zero-order valence-corrected chi connectivity index (χ0v) is 19.6. The van der Waals surface area contributed by atoms with E-state index < -0.39 is 17.0 Å². The van der Waals surface area contributed by atoms with Crippen molar-refractivity contribution in [2.45, 2.75) is 11.7 Å². The van der Waals surface area contributed by atoms with E-state index in [0.29, 0.717) is 17.8 Å². The first-order chi connectivity index (χ1) is 16.0. The highest BCUT2D eigenvalue weighted by molar-refractivity contribution is 9.10. The number of carbonyl (C=O) groups excluding carboxylic acids is 2. The van der Waals surface area contributed by atoms with Gasteiger partial charge in [-0.1, -0.05) is 58.0 Å². The van der Waals surface area contributed by atoms with Crippen LogP contribution in [0, 0.1) is 17.1 Å². The Hall–Kier alpha value is -3.41.